The molecule has 1 heterocycles. The molecule has 0 spiro atoms. The number of ether oxygens (including phenoxy) is 1. The third kappa shape index (κ3) is 4.14. The number of nitrogens with one attached hydrogen (secondary N) is 1. The molecule has 128 valence electrons. The number of rotatable bonds is 8. The smallest absolute Gasteiger partial charge is 0.311 e. The molecule has 0 amide bonds. The van der Waals surface area contributed by atoms with Crippen molar-refractivity contribution >= 4 is 22.8 Å². The van der Waals surface area contributed by atoms with Crippen molar-refractivity contribution in [3.8, 4) is 5.75 Å². The van der Waals surface area contributed by atoms with Crippen molar-refractivity contribution in [1.29, 1.82) is 0 Å². The summed E-state index contributed by atoms with van der Waals surface area (Å²) < 4.78 is 5.24. The Balaban J connectivity index is 1.66. The maximum atomic E-state index is 11.7. The summed E-state index contributed by atoms with van der Waals surface area (Å²) in [5.41, 5.74) is 2.20. The second kappa shape index (κ2) is 7.05. The minimum Gasteiger partial charge on any atom is -0.481 e. The number of aliphatic carboxylic acids is 1. The molecule has 0 bridgehead atoms. The van der Waals surface area contributed by atoms with Crippen LogP contribution in [0.15, 0.2) is 24.4 Å². The molecule has 0 aliphatic heterocycles. The zero-order chi connectivity index (χ0) is 17.1. The number of carboxylic acid groups (broad SMARTS) is 1. The summed E-state index contributed by atoms with van der Waals surface area (Å²) in [4.78, 5) is 27.8. The first-order valence-corrected chi connectivity index (χ1v) is 8.25. The van der Waals surface area contributed by atoms with Crippen LogP contribution in [0.25, 0.3) is 10.9 Å². The fraction of sp³-hybridized carbons (Fsp3) is 0.444. The first kappa shape index (κ1) is 16.5. The van der Waals surface area contributed by atoms with E-state index in [0.29, 0.717) is 5.75 Å². The average Bonchev–Trinajstić information content (AvgIpc) is 3.32. The number of esters is 1. The van der Waals surface area contributed by atoms with Gasteiger partial charge in [-0.05, 0) is 50.1 Å². The van der Waals surface area contributed by atoms with Crippen LogP contribution < -0.4 is 4.74 Å². The molecule has 1 aromatic heterocycles. The summed E-state index contributed by atoms with van der Waals surface area (Å²) >= 11 is 0. The molecule has 2 N–H and O–H groups in total. The highest BCUT2D eigenvalue weighted by molar-refractivity contribution is 5.86. The van der Waals surface area contributed by atoms with Crippen molar-refractivity contribution in [1.82, 2.24) is 9.88 Å². The first-order chi connectivity index (χ1) is 11.5. The summed E-state index contributed by atoms with van der Waals surface area (Å²) in [5, 5.41) is 9.65. The highest BCUT2D eigenvalue weighted by Crippen LogP contribution is 2.27. The van der Waals surface area contributed by atoms with Gasteiger partial charge in [0.1, 0.15) is 5.75 Å². The van der Waals surface area contributed by atoms with Crippen LogP contribution in [0.4, 0.5) is 0 Å². The van der Waals surface area contributed by atoms with E-state index in [9.17, 15) is 9.59 Å². The summed E-state index contributed by atoms with van der Waals surface area (Å²) in [7, 11) is 2.15. The molecule has 1 aliphatic carbocycles. The van der Waals surface area contributed by atoms with Crippen LogP contribution >= 0.6 is 0 Å². The number of hydrogen-bond acceptors (Lipinski definition) is 4. The van der Waals surface area contributed by atoms with Gasteiger partial charge in [-0.3, -0.25) is 9.59 Å². The number of H-pyrrole nitrogens is 1. The normalized spacial score (nSPS) is 14.2. The topological polar surface area (TPSA) is 82.6 Å². The number of likely N-dealkylation sites (N-methyl/N-ethyl adjacent to an activating group) is 1. The third-order valence-corrected chi connectivity index (χ3v) is 4.42. The number of aromatic nitrogens is 1. The Morgan fingerprint density at radius 3 is 2.83 bits per heavy atom. The monoisotopic (exact) mass is 330 g/mol. The van der Waals surface area contributed by atoms with Crippen molar-refractivity contribution in [2.75, 3.05) is 13.6 Å². The van der Waals surface area contributed by atoms with Crippen molar-refractivity contribution in [2.45, 2.75) is 38.1 Å². The molecule has 0 atom stereocenters. The summed E-state index contributed by atoms with van der Waals surface area (Å²) in [6.45, 7) is 1.00. The van der Waals surface area contributed by atoms with Gasteiger partial charge >= 0.3 is 11.9 Å². The molecule has 6 nitrogen and oxygen atoms in total. The number of carboxylic acids is 1. The fourth-order valence-electron chi connectivity index (χ4n) is 2.81. The van der Waals surface area contributed by atoms with E-state index < -0.39 is 11.9 Å². The Kier molecular flexibility index (Phi) is 4.85. The Labute approximate surface area is 140 Å². The molecule has 6 heteroatoms. The van der Waals surface area contributed by atoms with Gasteiger partial charge in [0, 0.05) is 29.7 Å². The summed E-state index contributed by atoms with van der Waals surface area (Å²) in [6, 6.07) is 6.18. The fourth-order valence-corrected chi connectivity index (χ4v) is 2.81. The lowest BCUT2D eigenvalue weighted by Gasteiger charge is -2.14. The Morgan fingerprint density at radius 2 is 2.12 bits per heavy atom. The molecule has 3 rings (SSSR count). The molecular formula is C18H22N2O4. The average molecular weight is 330 g/mol. The van der Waals surface area contributed by atoms with E-state index in [-0.39, 0.29) is 12.8 Å². The van der Waals surface area contributed by atoms with Gasteiger partial charge in [-0.1, -0.05) is 0 Å². The molecular weight excluding hydrogens is 308 g/mol. The predicted octanol–water partition coefficient (Wildman–Crippen LogP) is 2.57. The molecule has 1 fully saturated rings. The van der Waals surface area contributed by atoms with Crippen LogP contribution in [0.5, 0.6) is 5.75 Å². The van der Waals surface area contributed by atoms with E-state index >= 15 is 0 Å². The Morgan fingerprint density at radius 1 is 1.33 bits per heavy atom. The second-order valence-corrected chi connectivity index (χ2v) is 6.35. The molecule has 0 saturated heterocycles. The predicted molar refractivity (Wildman–Crippen MR) is 90.2 cm³/mol. The molecule has 2 aromatic rings. The number of nitrogens with zero attached hydrogens (tertiary/aromatic N) is 1. The SMILES string of the molecule is CN(CCc1c[nH]c2ccc(OC(=O)CCC(=O)O)cc12)C1CC1. The van der Waals surface area contributed by atoms with Crippen molar-refractivity contribution in [2.24, 2.45) is 0 Å². The number of aromatic amines is 1. The minimum atomic E-state index is -1.00. The largest absolute Gasteiger partial charge is 0.481 e. The number of fused-ring (bicyclic) bond motifs is 1. The Hall–Kier alpha value is -2.34. The summed E-state index contributed by atoms with van der Waals surface area (Å²) in [6.07, 6.45) is 5.18. The zero-order valence-corrected chi connectivity index (χ0v) is 13.7. The van der Waals surface area contributed by atoms with E-state index in [4.69, 9.17) is 9.84 Å². The van der Waals surface area contributed by atoms with Gasteiger partial charge in [0.15, 0.2) is 0 Å². The highest BCUT2D eigenvalue weighted by Gasteiger charge is 2.25. The van der Waals surface area contributed by atoms with E-state index in [1.807, 2.05) is 18.3 Å². The number of carbonyl (C=O) groups is 2. The van der Waals surface area contributed by atoms with E-state index in [2.05, 4.69) is 16.9 Å². The first-order valence-electron chi connectivity index (χ1n) is 8.25. The van der Waals surface area contributed by atoms with Gasteiger partial charge in [-0.25, -0.2) is 0 Å². The number of carbonyl (C=O) groups excluding carboxylic acids is 1. The highest BCUT2D eigenvalue weighted by atomic mass is 16.5. The lowest BCUT2D eigenvalue weighted by atomic mass is 10.1. The number of benzene rings is 1. The van der Waals surface area contributed by atoms with Crippen LogP contribution in [-0.4, -0.2) is 46.6 Å². The maximum absolute atomic E-state index is 11.7. The molecule has 1 aliphatic rings. The van der Waals surface area contributed by atoms with E-state index in [1.165, 1.54) is 18.4 Å². The van der Waals surface area contributed by atoms with Crippen LogP contribution in [0, 0.1) is 0 Å². The van der Waals surface area contributed by atoms with Gasteiger partial charge < -0.3 is 19.7 Å². The van der Waals surface area contributed by atoms with Gasteiger partial charge in [0.05, 0.1) is 12.8 Å². The van der Waals surface area contributed by atoms with Gasteiger partial charge in [-0.2, -0.15) is 0 Å². The van der Waals surface area contributed by atoms with Crippen molar-refractivity contribution in [3.05, 3.63) is 30.0 Å². The Bertz CT molecular complexity index is 749. The van der Waals surface area contributed by atoms with Crippen molar-refractivity contribution < 1.29 is 19.4 Å². The number of hydrogen-bond donors (Lipinski definition) is 2. The van der Waals surface area contributed by atoms with Crippen LogP contribution in [0.1, 0.15) is 31.2 Å². The van der Waals surface area contributed by atoms with Gasteiger partial charge in [-0.15, -0.1) is 0 Å². The summed E-state index contributed by atoms with van der Waals surface area (Å²) in [5.74, 6) is -1.08. The van der Waals surface area contributed by atoms with Gasteiger partial charge in [0.2, 0.25) is 0 Å². The maximum Gasteiger partial charge on any atom is 0.311 e. The molecule has 24 heavy (non-hydrogen) atoms. The van der Waals surface area contributed by atoms with E-state index in [0.717, 1.165) is 29.9 Å². The van der Waals surface area contributed by atoms with Crippen LogP contribution in [0.3, 0.4) is 0 Å². The van der Waals surface area contributed by atoms with Crippen LogP contribution in [-0.2, 0) is 16.0 Å². The zero-order valence-electron chi connectivity index (χ0n) is 13.7. The van der Waals surface area contributed by atoms with Crippen LogP contribution in [0.2, 0.25) is 0 Å². The lowest BCUT2D eigenvalue weighted by molar-refractivity contribution is -0.142. The second-order valence-electron chi connectivity index (χ2n) is 6.35. The lowest BCUT2D eigenvalue weighted by Crippen LogP contribution is -2.23. The molecule has 1 saturated carbocycles. The quantitative estimate of drug-likeness (QED) is 0.574. The minimum absolute atomic E-state index is 0.125. The molecule has 0 radical (unpaired) electrons. The van der Waals surface area contributed by atoms with Crippen molar-refractivity contribution in [3.63, 3.8) is 0 Å². The third-order valence-electron chi connectivity index (χ3n) is 4.42. The van der Waals surface area contributed by atoms with Gasteiger partial charge in [0.25, 0.3) is 0 Å². The molecule has 0 unspecified atom stereocenters. The molecule has 1 aromatic carbocycles. The standard InChI is InChI=1S/C18H22N2O4/c1-20(13-2-3-13)9-8-12-11-19-16-5-4-14(10-15(12)16)24-18(23)7-6-17(21)22/h4-5,10-11,13,19H,2-3,6-9H2,1H3,(H,21,22). The van der Waals surface area contributed by atoms with E-state index in [1.54, 1.807) is 6.07 Å².